The lowest BCUT2D eigenvalue weighted by molar-refractivity contribution is 0.0519. The number of hydrogen-bond acceptors (Lipinski definition) is 4. The van der Waals surface area contributed by atoms with Crippen LogP contribution in [0, 0.1) is 17.8 Å². The van der Waals surface area contributed by atoms with E-state index in [0.29, 0.717) is 6.54 Å². The fourth-order valence-corrected chi connectivity index (χ4v) is 2.29. The lowest BCUT2D eigenvalue weighted by atomic mass is 10.0. The molecule has 128 valence electrons. The number of carbonyl (C=O) groups excluding carboxylic acids is 1. The molecule has 2 N–H and O–H groups in total. The quantitative estimate of drug-likeness (QED) is 0.600. The van der Waals surface area contributed by atoms with Crippen molar-refractivity contribution in [1.82, 2.24) is 10.0 Å². The van der Waals surface area contributed by atoms with E-state index in [2.05, 4.69) is 21.9 Å². The van der Waals surface area contributed by atoms with E-state index in [-0.39, 0.29) is 16.7 Å². The molecule has 0 aromatic rings. The third-order valence-electron chi connectivity index (χ3n) is 2.63. The number of hydrogen-bond donors (Lipinski definition) is 2. The fraction of sp³-hybridized carbons (Fsp3) is 0.812. The zero-order valence-electron chi connectivity index (χ0n) is 15.0. The Morgan fingerprint density at radius 1 is 1.27 bits per heavy atom. The van der Waals surface area contributed by atoms with E-state index < -0.39 is 23.1 Å². The Hall–Kier alpha value is -0.900. The minimum Gasteiger partial charge on any atom is -0.598 e. The molecule has 0 aliphatic rings. The maximum Gasteiger partial charge on any atom is 0.407 e. The highest BCUT2D eigenvalue weighted by Gasteiger charge is 2.31. The molecule has 0 saturated heterocycles. The van der Waals surface area contributed by atoms with Crippen LogP contribution in [0.25, 0.3) is 0 Å². The van der Waals surface area contributed by atoms with Gasteiger partial charge in [0.1, 0.15) is 16.4 Å². The van der Waals surface area contributed by atoms with Crippen LogP contribution in [0.2, 0.25) is 0 Å². The van der Waals surface area contributed by atoms with Crippen molar-refractivity contribution >= 4 is 17.5 Å². The molecule has 0 aromatic carbocycles. The molecule has 0 aromatic heterocycles. The molecule has 5 nitrogen and oxygen atoms in total. The largest absolute Gasteiger partial charge is 0.598 e. The highest BCUT2D eigenvalue weighted by molar-refractivity contribution is 7.90. The average Bonchev–Trinajstić information content (AvgIpc) is 2.32. The van der Waals surface area contributed by atoms with Crippen molar-refractivity contribution in [1.29, 1.82) is 0 Å². The van der Waals surface area contributed by atoms with E-state index in [1.165, 1.54) is 0 Å². The monoisotopic (exact) mass is 330 g/mol. The second-order valence-corrected chi connectivity index (χ2v) is 9.23. The van der Waals surface area contributed by atoms with Gasteiger partial charge >= 0.3 is 6.09 Å². The van der Waals surface area contributed by atoms with Gasteiger partial charge in [-0.1, -0.05) is 12.8 Å². The lowest BCUT2D eigenvalue weighted by Gasteiger charge is -2.28. The molecule has 0 radical (unpaired) electrons. The summed E-state index contributed by atoms with van der Waals surface area (Å²) in [5.41, 5.74) is -0.526. The smallest absolute Gasteiger partial charge is 0.407 e. The third-order valence-corrected chi connectivity index (χ3v) is 4.21. The van der Waals surface area contributed by atoms with Gasteiger partial charge in [-0.3, -0.25) is 0 Å². The topological polar surface area (TPSA) is 73.4 Å². The van der Waals surface area contributed by atoms with Gasteiger partial charge in [-0.25, -0.2) is 4.79 Å². The molecule has 3 atom stereocenters. The number of ether oxygens (including phenoxy) is 1. The molecule has 0 fully saturated rings. The summed E-state index contributed by atoms with van der Waals surface area (Å²) in [6.45, 7) is 15.2. The SMILES string of the molecule is CC#CC(N[S@+]([O-])C(C)(C)C)[C@H](C)CNC(=O)OC(C)(C)C. The molecule has 0 saturated carbocycles. The van der Waals surface area contributed by atoms with E-state index in [4.69, 9.17) is 4.74 Å². The Labute approximate surface area is 138 Å². The van der Waals surface area contributed by atoms with Crippen molar-refractivity contribution in [3.05, 3.63) is 0 Å². The van der Waals surface area contributed by atoms with Crippen LogP contribution >= 0.6 is 0 Å². The highest BCUT2D eigenvalue weighted by Crippen LogP contribution is 2.15. The summed E-state index contributed by atoms with van der Waals surface area (Å²) in [5.74, 6) is 5.84. The van der Waals surface area contributed by atoms with Gasteiger partial charge in [-0.2, -0.15) is 0 Å². The Kier molecular flexibility index (Phi) is 8.30. The van der Waals surface area contributed by atoms with Crippen molar-refractivity contribution in [2.45, 2.75) is 71.8 Å². The van der Waals surface area contributed by atoms with Crippen molar-refractivity contribution in [2.75, 3.05) is 6.54 Å². The Morgan fingerprint density at radius 3 is 2.23 bits per heavy atom. The average molecular weight is 330 g/mol. The van der Waals surface area contributed by atoms with Crippen molar-refractivity contribution < 1.29 is 14.1 Å². The van der Waals surface area contributed by atoms with Gasteiger partial charge in [0, 0.05) is 23.8 Å². The zero-order chi connectivity index (χ0) is 17.6. The van der Waals surface area contributed by atoms with Crippen molar-refractivity contribution in [2.24, 2.45) is 5.92 Å². The van der Waals surface area contributed by atoms with Gasteiger partial charge in [0.2, 0.25) is 0 Å². The van der Waals surface area contributed by atoms with Crippen LogP contribution < -0.4 is 10.0 Å². The predicted octanol–water partition coefficient (Wildman–Crippen LogP) is 2.59. The van der Waals surface area contributed by atoms with Gasteiger partial charge in [-0.15, -0.1) is 10.6 Å². The molecular formula is C16H30N2O3S. The minimum atomic E-state index is -1.22. The van der Waals surface area contributed by atoms with Crippen LogP contribution in [0.5, 0.6) is 0 Å². The number of rotatable bonds is 5. The first kappa shape index (κ1) is 21.1. The molecule has 0 aliphatic heterocycles. The minimum absolute atomic E-state index is 0.00808. The highest BCUT2D eigenvalue weighted by atomic mass is 32.2. The second-order valence-electron chi connectivity index (χ2n) is 7.23. The maximum atomic E-state index is 12.2. The summed E-state index contributed by atoms with van der Waals surface area (Å²) < 4.78 is 20.1. The zero-order valence-corrected chi connectivity index (χ0v) is 15.8. The molecule has 0 aliphatic carbocycles. The summed E-state index contributed by atoms with van der Waals surface area (Å²) >= 11 is -1.22. The molecule has 22 heavy (non-hydrogen) atoms. The maximum absolute atomic E-state index is 12.2. The molecule has 0 bridgehead atoms. The number of carbonyl (C=O) groups is 1. The number of amides is 1. The molecule has 1 amide bonds. The number of alkyl carbamates (subject to hydrolysis) is 1. The van der Waals surface area contributed by atoms with E-state index in [9.17, 15) is 9.35 Å². The van der Waals surface area contributed by atoms with Gasteiger partial charge in [0.25, 0.3) is 0 Å². The second kappa shape index (κ2) is 8.66. The van der Waals surface area contributed by atoms with Gasteiger partial charge < -0.3 is 14.6 Å². The van der Waals surface area contributed by atoms with Crippen LogP contribution in [-0.4, -0.2) is 33.6 Å². The summed E-state index contributed by atoms with van der Waals surface area (Å²) in [5, 5.41) is 2.72. The predicted molar refractivity (Wildman–Crippen MR) is 91.7 cm³/mol. The summed E-state index contributed by atoms with van der Waals surface area (Å²) in [6, 6.07) is -0.264. The molecule has 0 heterocycles. The normalized spacial score (nSPS) is 16.0. The number of nitrogens with one attached hydrogen (secondary N) is 2. The van der Waals surface area contributed by atoms with Gasteiger partial charge in [0.15, 0.2) is 0 Å². The summed E-state index contributed by atoms with van der Waals surface area (Å²) in [6.07, 6.45) is -0.459. The van der Waals surface area contributed by atoms with Gasteiger partial charge in [0.05, 0.1) is 0 Å². The third kappa shape index (κ3) is 9.19. The summed E-state index contributed by atoms with van der Waals surface area (Å²) in [4.78, 5) is 11.7. The molecule has 0 spiro atoms. The first-order valence-electron chi connectivity index (χ1n) is 7.44. The van der Waals surface area contributed by atoms with Crippen molar-refractivity contribution in [3.8, 4) is 11.8 Å². The molecule has 1 unspecified atom stereocenters. The van der Waals surface area contributed by atoms with Crippen LogP contribution in [0.15, 0.2) is 0 Å². The Morgan fingerprint density at radius 2 is 1.82 bits per heavy atom. The molecule has 6 heteroatoms. The molecular weight excluding hydrogens is 300 g/mol. The van der Waals surface area contributed by atoms with E-state index in [0.717, 1.165) is 0 Å². The first-order valence-corrected chi connectivity index (χ1v) is 8.59. The lowest BCUT2D eigenvalue weighted by Crippen LogP contribution is -2.48. The Bertz CT molecular complexity index is 416. The van der Waals surface area contributed by atoms with Crippen molar-refractivity contribution in [3.63, 3.8) is 0 Å². The fourth-order valence-electron chi connectivity index (χ4n) is 1.41. The van der Waals surface area contributed by atoms with Gasteiger partial charge in [-0.05, 0) is 48.5 Å². The Balaban J connectivity index is 4.58. The van der Waals surface area contributed by atoms with Crippen LogP contribution in [0.4, 0.5) is 4.79 Å². The first-order chi connectivity index (χ1) is 9.86. The van der Waals surface area contributed by atoms with E-state index >= 15 is 0 Å². The van der Waals surface area contributed by atoms with Crippen LogP contribution in [0.3, 0.4) is 0 Å². The summed E-state index contributed by atoms with van der Waals surface area (Å²) in [7, 11) is 0. The van der Waals surface area contributed by atoms with E-state index in [1.807, 2.05) is 48.5 Å². The molecule has 0 rings (SSSR count). The van der Waals surface area contributed by atoms with Crippen LogP contribution in [-0.2, 0) is 16.1 Å². The van der Waals surface area contributed by atoms with Crippen LogP contribution in [0.1, 0.15) is 55.4 Å². The standard InChI is InChI=1S/C16H30N2O3S/c1-9-10-13(18-22(20)16(6,7)8)12(2)11-17-14(19)21-15(3,4)5/h12-13,18H,11H2,1-8H3,(H,17,19)/t12-,13?,22-/m1/s1. The van der Waals surface area contributed by atoms with E-state index in [1.54, 1.807) is 6.92 Å².